The van der Waals surface area contributed by atoms with E-state index in [0.717, 1.165) is 6.07 Å². The summed E-state index contributed by atoms with van der Waals surface area (Å²) in [5.74, 6) is -1.98. The summed E-state index contributed by atoms with van der Waals surface area (Å²) in [5.41, 5.74) is -1.63. The second kappa shape index (κ2) is 5.86. The molecule has 0 saturated heterocycles. The Morgan fingerprint density at radius 2 is 2.05 bits per heavy atom. The Hall–Kier alpha value is -1.85. The zero-order valence-corrected chi connectivity index (χ0v) is 10.3. The minimum atomic E-state index is -4.82. The largest absolute Gasteiger partial charge is 0.419 e. The van der Waals surface area contributed by atoms with E-state index in [2.05, 4.69) is 6.58 Å². The minimum Gasteiger partial charge on any atom is -0.335 e. The van der Waals surface area contributed by atoms with Gasteiger partial charge in [0.25, 0.3) is 5.91 Å². The number of likely N-dealkylation sites (N-methyl/N-ethyl adjacent to an activating group) is 1. The third-order valence-corrected chi connectivity index (χ3v) is 2.54. The third-order valence-electron chi connectivity index (χ3n) is 2.54. The molecule has 1 aromatic rings. The van der Waals surface area contributed by atoms with Gasteiger partial charge in [0.2, 0.25) is 0 Å². The Morgan fingerprint density at radius 1 is 1.42 bits per heavy atom. The predicted molar refractivity (Wildman–Crippen MR) is 63.2 cm³/mol. The van der Waals surface area contributed by atoms with Crippen LogP contribution in [0.3, 0.4) is 0 Å². The van der Waals surface area contributed by atoms with E-state index in [4.69, 9.17) is 0 Å². The first-order valence-corrected chi connectivity index (χ1v) is 5.58. The fourth-order valence-electron chi connectivity index (χ4n) is 1.57. The van der Waals surface area contributed by atoms with E-state index < -0.39 is 23.5 Å². The lowest BCUT2D eigenvalue weighted by Gasteiger charge is -2.19. The summed E-state index contributed by atoms with van der Waals surface area (Å²) in [6.07, 6.45) is -3.36. The molecule has 6 heteroatoms. The lowest BCUT2D eigenvalue weighted by Crippen LogP contribution is -2.31. The van der Waals surface area contributed by atoms with Crippen LogP contribution in [0.4, 0.5) is 17.6 Å². The summed E-state index contributed by atoms with van der Waals surface area (Å²) >= 11 is 0. The lowest BCUT2D eigenvalue weighted by molar-refractivity contribution is -0.140. The molecule has 0 unspecified atom stereocenters. The Bertz CT molecular complexity index is 482. The van der Waals surface area contributed by atoms with Crippen molar-refractivity contribution in [3.63, 3.8) is 0 Å². The van der Waals surface area contributed by atoms with Crippen LogP contribution in [0, 0.1) is 5.82 Å². The molecule has 0 heterocycles. The van der Waals surface area contributed by atoms with E-state index in [1.807, 2.05) is 0 Å². The number of rotatable bonds is 4. The van der Waals surface area contributed by atoms with Crippen molar-refractivity contribution < 1.29 is 22.4 Å². The monoisotopic (exact) mass is 275 g/mol. The van der Waals surface area contributed by atoms with Gasteiger partial charge in [-0.25, -0.2) is 4.39 Å². The maximum atomic E-state index is 13.1. The summed E-state index contributed by atoms with van der Waals surface area (Å²) in [6, 6.07) is 2.22. The van der Waals surface area contributed by atoms with E-state index in [-0.39, 0.29) is 12.1 Å². The van der Waals surface area contributed by atoms with E-state index in [9.17, 15) is 22.4 Å². The minimum absolute atomic E-state index is 0.197. The Labute approximate surface area is 108 Å². The van der Waals surface area contributed by atoms with Crippen molar-refractivity contribution in [1.82, 2.24) is 4.90 Å². The summed E-state index contributed by atoms with van der Waals surface area (Å²) in [6.45, 7) is 5.69. The van der Waals surface area contributed by atoms with E-state index >= 15 is 0 Å². The quantitative estimate of drug-likeness (QED) is 0.608. The van der Waals surface area contributed by atoms with Crippen LogP contribution < -0.4 is 0 Å². The molecule has 1 amide bonds. The molecule has 19 heavy (non-hydrogen) atoms. The topological polar surface area (TPSA) is 20.3 Å². The second-order valence-electron chi connectivity index (χ2n) is 3.82. The zero-order chi connectivity index (χ0) is 14.6. The van der Waals surface area contributed by atoms with Crippen LogP contribution in [-0.4, -0.2) is 23.9 Å². The maximum Gasteiger partial charge on any atom is 0.419 e. The predicted octanol–water partition coefficient (Wildman–Crippen LogP) is 3.49. The van der Waals surface area contributed by atoms with Crippen molar-refractivity contribution in [3.05, 3.63) is 47.8 Å². The van der Waals surface area contributed by atoms with Crippen LogP contribution in [-0.2, 0) is 6.18 Å². The second-order valence-corrected chi connectivity index (χ2v) is 3.82. The molecule has 0 aliphatic rings. The van der Waals surface area contributed by atoms with Gasteiger partial charge in [-0.1, -0.05) is 6.08 Å². The number of carbonyl (C=O) groups excluding carboxylic acids is 1. The Kier molecular flexibility index (Phi) is 4.69. The lowest BCUT2D eigenvalue weighted by atomic mass is 10.1. The molecule has 0 bridgehead atoms. The number of halogens is 4. The third kappa shape index (κ3) is 3.56. The van der Waals surface area contributed by atoms with Gasteiger partial charge >= 0.3 is 6.18 Å². The molecule has 0 N–H and O–H groups in total. The first-order valence-electron chi connectivity index (χ1n) is 5.58. The van der Waals surface area contributed by atoms with Gasteiger partial charge < -0.3 is 4.90 Å². The molecule has 0 saturated carbocycles. The van der Waals surface area contributed by atoms with Gasteiger partial charge in [-0.2, -0.15) is 13.2 Å². The maximum absolute atomic E-state index is 13.1. The molecule has 0 aliphatic carbocycles. The van der Waals surface area contributed by atoms with Crippen LogP contribution in [0.15, 0.2) is 30.9 Å². The highest BCUT2D eigenvalue weighted by atomic mass is 19.4. The molecule has 1 rings (SSSR count). The van der Waals surface area contributed by atoms with Gasteiger partial charge in [-0.15, -0.1) is 6.58 Å². The smallest absolute Gasteiger partial charge is 0.335 e. The molecular formula is C13H13F4NO. The fourth-order valence-corrected chi connectivity index (χ4v) is 1.57. The number of hydrogen-bond acceptors (Lipinski definition) is 1. The molecule has 1 aromatic carbocycles. The first kappa shape index (κ1) is 15.2. The van der Waals surface area contributed by atoms with E-state index in [1.54, 1.807) is 6.92 Å². The Morgan fingerprint density at radius 3 is 2.53 bits per heavy atom. The van der Waals surface area contributed by atoms with Crippen LogP contribution in [0.25, 0.3) is 0 Å². The van der Waals surface area contributed by atoms with Crippen LogP contribution in [0.5, 0.6) is 0 Å². The Balaban J connectivity index is 3.15. The highest BCUT2D eigenvalue weighted by Crippen LogP contribution is 2.32. The van der Waals surface area contributed by atoms with Crippen molar-refractivity contribution in [2.45, 2.75) is 13.1 Å². The molecule has 0 spiro atoms. The molecule has 0 atom stereocenters. The van der Waals surface area contributed by atoms with Crippen molar-refractivity contribution in [2.75, 3.05) is 13.1 Å². The van der Waals surface area contributed by atoms with Crippen LogP contribution >= 0.6 is 0 Å². The number of alkyl halides is 3. The fraction of sp³-hybridized carbons (Fsp3) is 0.308. The van der Waals surface area contributed by atoms with Crippen molar-refractivity contribution in [2.24, 2.45) is 0 Å². The number of carbonyl (C=O) groups is 1. The average molecular weight is 275 g/mol. The van der Waals surface area contributed by atoms with Gasteiger partial charge in [0.1, 0.15) is 5.82 Å². The summed E-state index contributed by atoms with van der Waals surface area (Å²) in [7, 11) is 0. The molecule has 0 aromatic heterocycles. The van der Waals surface area contributed by atoms with E-state index in [0.29, 0.717) is 18.7 Å². The van der Waals surface area contributed by atoms with Crippen LogP contribution in [0.1, 0.15) is 22.8 Å². The number of hydrogen-bond donors (Lipinski definition) is 0. The highest BCUT2D eigenvalue weighted by Gasteiger charge is 2.34. The highest BCUT2D eigenvalue weighted by molar-refractivity contribution is 5.94. The van der Waals surface area contributed by atoms with Gasteiger partial charge in [-0.05, 0) is 25.1 Å². The van der Waals surface area contributed by atoms with Gasteiger partial charge in [0, 0.05) is 18.7 Å². The molecule has 0 fully saturated rings. The van der Waals surface area contributed by atoms with E-state index in [1.165, 1.54) is 11.0 Å². The number of benzene rings is 1. The van der Waals surface area contributed by atoms with Crippen molar-refractivity contribution >= 4 is 5.91 Å². The van der Waals surface area contributed by atoms with Crippen LogP contribution in [0.2, 0.25) is 0 Å². The van der Waals surface area contributed by atoms with Gasteiger partial charge in [0.05, 0.1) is 5.56 Å². The number of nitrogens with zero attached hydrogens (tertiary/aromatic N) is 1. The average Bonchev–Trinajstić information content (AvgIpc) is 2.34. The molecule has 0 radical (unpaired) electrons. The standard InChI is InChI=1S/C13H13F4NO/c1-3-7-18(4-2)12(19)9-5-6-11(14)10(8-9)13(15,16)17/h3,5-6,8H,1,4,7H2,2H3. The molecule has 0 aliphatic heterocycles. The molecule has 2 nitrogen and oxygen atoms in total. The first-order chi connectivity index (χ1) is 8.81. The van der Waals surface area contributed by atoms with Crippen molar-refractivity contribution in [3.8, 4) is 0 Å². The van der Waals surface area contributed by atoms with Gasteiger partial charge in [0.15, 0.2) is 0 Å². The SMILES string of the molecule is C=CCN(CC)C(=O)c1ccc(F)c(C(F)(F)F)c1. The zero-order valence-electron chi connectivity index (χ0n) is 10.3. The summed E-state index contributed by atoms with van der Waals surface area (Å²) < 4.78 is 50.7. The molecular weight excluding hydrogens is 262 g/mol. The van der Waals surface area contributed by atoms with Crippen molar-refractivity contribution in [1.29, 1.82) is 0 Å². The molecule has 104 valence electrons. The summed E-state index contributed by atoms with van der Waals surface area (Å²) in [5, 5.41) is 0. The summed E-state index contributed by atoms with van der Waals surface area (Å²) in [4.78, 5) is 13.3. The van der Waals surface area contributed by atoms with Gasteiger partial charge in [-0.3, -0.25) is 4.79 Å². The number of amides is 1. The normalized spacial score (nSPS) is 11.2.